The molecular weight excluding hydrogens is 368 g/mol. The summed E-state index contributed by atoms with van der Waals surface area (Å²) < 4.78 is 0. The maximum Gasteiger partial charge on any atom is 0.0703 e. The molecule has 0 amide bonds. The van der Waals surface area contributed by atoms with E-state index in [0.29, 0.717) is 0 Å². The Labute approximate surface area is 175 Å². The third-order valence-corrected chi connectivity index (χ3v) is 5.32. The molecule has 0 spiro atoms. The fraction of sp³-hybridized carbons (Fsp3) is 0. The van der Waals surface area contributed by atoms with Gasteiger partial charge in [-0.2, -0.15) is 0 Å². The smallest absolute Gasteiger partial charge is 0.0703 e. The molecule has 0 atom stereocenters. The quantitative estimate of drug-likeness (QED) is 0.328. The average molecular weight is 388 g/mol. The van der Waals surface area contributed by atoms with E-state index in [9.17, 15) is 0 Å². The predicted octanol–water partition coefficient (Wildman–Crippen LogP) is 6.93. The molecule has 4 aromatic rings. The van der Waals surface area contributed by atoms with Gasteiger partial charge < -0.3 is 20.6 Å². The molecule has 30 heavy (non-hydrogen) atoms. The van der Waals surface area contributed by atoms with E-state index in [1.54, 1.807) is 0 Å². The minimum atomic E-state index is 0.864. The zero-order valence-corrected chi connectivity index (χ0v) is 16.3. The molecule has 0 aromatic heterocycles. The van der Waals surface area contributed by atoms with Gasteiger partial charge in [0.1, 0.15) is 0 Å². The van der Waals surface area contributed by atoms with Crippen molar-refractivity contribution in [3.8, 4) is 0 Å². The molecule has 2 N–H and O–H groups in total. The van der Waals surface area contributed by atoms with Crippen LogP contribution < -0.4 is 9.80 Å². The van der Waals surface area contributed by atoms with Crippen molar-refractivity contribution < 1.29 is 0 Å². The number of para-hydroxylation sites is 4. The van der Waals surface area contributed by atoms with Crippen LogP contribution in [0.15, 0.2) is 97.1 Å². The summed E-state index contributed by atoms with van der Waals surface area (Å²) in [5.74, 6) is 0. The van der Waals surface area contributed by atoms with Gasteiger partial charge in [-0.15, -0.1) is 0 Å². The second-order valence-corrected chi connectivity index (χ2v) is 7.13. The summed E-state index contributed by atoms with van der Waals surface area (Å²) >= 11 is 0. The highest BCUT2D eigenvalue weighted by atomic mass is 15.3. The fourth-order valence-corrected chi connectivity index (χ4v) is 4.01. The molecule has 1 heterocycles. The first-order chi connectivity index (χ1) is 14.8. The minimum absolute atomic E-state index is 0.864. The summed E-state index contributed by atoms with van der Waals surface area (Å²) in [5, 5.41) is 15.3. The van der Waals surface area contributed by atoms with Crippen molar-refractivity contribution in [1.29, 1.82) is 10.8 Å². The molecule has 0 aliphatic carbocycles. The standard InChI is InChI=1S/C26H20N4/c27-17-19-7-5-9-21(15-19)29-23-11-1-2-12-24(23)30(26-14-4-3-13-25(26)29)22-10-6-8-20(16-22)18-28/h1-18,27-28H. The van der Waals surface area contributed by atoms with Crippen LogP contribution in [-0.4, -0.2) is 12.4 Å². The second kappa shape index (κ2) is 7.33. The Balaban J connectivity index is 1.78. The van der Waals surface area contributed by atoms with Crippen LogP contribution >= 0.6 is 0 Å². The molecule has 4 nitrogen and oxygen atoms in total. The largest absolute Gasteiger partial charge is 0.308 e. The molecule has 0 saturated carbocycles. The van der Waals surface area contributed by atoms with Gasteiger partial charge in [-0.25, -0.2) is 0 Å². The van der Waals surface area contributed by atoms with Crippen LogP contribution in [-0.2, 0) is 0 Å². The number of hydrogen-bond donors (Lipinski definition) is 2. The maximum absolute atomic E-state index is 7.66. The first-order valence-electron chi connectivity index (χ1n) is 9.79. The highest BCUT2D eigenvalue weighted by Crippen LogP contribution is 2.53. The fourth-order valence-electron chi connectivity index (χ4n) is 4.01. The van der Waals surface area contributed by atoms with Gasteiger partial charge in [0.05, 0.1) is 22.7 Å². The molecule has 0 unspecified atom stereocenters. The zero-order valence-electron chi connectivity index (χ0n) is 16.3. The summed E-state index contributed by atoms with van der Waals surface area (Å²) in [6.45, 7) is 0. The van der Waals surface area contributed by atoms with Gasteiger partial charge in [-0.05, 0) is 59.7 Å². The Morgan fingerprint density at radius 2 is 0.833 bits per heavy atom. The lowest BCUT2D eigenvalue weighted by molar-refractivity contribution is 1.17. The van der Waals surface area contributed by atoms with Crippen molar-refractivity contribution in [2.75, 3.05) is 9.80 Å². The van der Waals surface area contributed by atoms with E-state index in [0.717, 1.165) is 45.3 Å². The van der Waals surface area contributed by atoms with Crippen LogP contribution in [0.1, 0.15) is 11.1 Å². The molecule has 0 radical (unpaired) electrons. The number of rotatable bonds is 4. The van der Waals surface area contributed by atoms with E-state index in [2.05, 4.69) is 46.2 Å². The number of nitrogens with zero attached hydrogens (tertiary/aromatic N) is 2. The van der Waals surface area contributed by atoms with Gasteiger partial charge in [-0.1, -0.05) is 48.5 Å². The van der Waals surface area contributed by atoms with Crippen LogP contribution in [0.2, 0.25) is 0 Å². The van der Waals surface area contributed by atoms with Gasteiger partial charge in [0.25, 0.3) is 0 Å². The van der Waals surface area contributed by atoms with Gasteiger partial charge in [-0.3, -0.25) is 0 Å². The van der Waals surface area contributed by atoms with Crippen molar-refractivity contribution in [1.82, 2.24) is 0 Å². The third kappa shape index (κ3) is 2.86. The maximum atomic E-state index is 7.66. The van der Waals surface area contributed by atoms with Gasteiger partial charge in [0, 0.05) is 23.8 Å². The lowest BCUT2D eigenvalue weighted by atomic mass is 10.0. The van der Waals surface area contributed by atoms with Crippen LogP contribution in [0.25, 0.3) is 0 Å². The summed E-state index contributed by atoms with van der Waals surface area (Å²) in [4.78, 5) is 4.49. The molecule has 0 bridgehead atoms. The number of hydrogen-bond acceptors (Lipinski definition) is 4. The SMILES string of the molecule is N=Cc1cccc(N2c3ccccc3N(c3cccc(C=N)c3)c3ccccc32)c1. The van der Waals surface area contributed by atoms with Crippen molar-refractivity contribution in [3.63, 3.8) is 0 Å². The Hall–Kier alpha value is -4.18. The third-order valence-electron chi connectivity index (χ3n) is 5.32. The van der Waals surface area contributed by atoms with Crippen LogP contribution in [0, 0.1) is 10.8 Å². The van der Waals surface area contributed by atoms with E-state index in [1.165, 1.54) is 12.4 Å². The number of benzene rings is 4. The molecule has 0 saturated heterocycles. The lowest BCUT2D eigenvalue weighted by Gasteiger charge is -2.40. The lowest BCUT2D eigenvalue weighted by Crippen LogP contribution is -2.24. The summed E-state index contributed by atoms with van der Waals surface area (Å²) in [5.41, 5.74) is 8.04. The summed E-state index contributed by atoms with van der Waals surface area (Å²) in [6.07, 6.45) is 2.75. The minimum Gasteiger partial charge on any atom is -0.308 e. The molecule has 144 valence electrons. The zero-order chi connectivity index (χ0) is 20.5. The van der Waals surface area contributed by atoms with Crippen LogP contribution in [0.3, 0.4) is 0 Å². The summed E-state index contributed by atoms with van der Waals surface area (Å²) in [7, 11) is 0. The van der Waals surface area contributed by atoms with Gasteiger partial charge in [0.2, 0.25) is 0 Å². The normalized spacial score (nSPS) is 12.1. The van der Waals surface area contributed by atoms with E-state index in [1.807, 2.05) is 60.7 Å². The average Bonchev–Trinajstić information content (AvgIpc) is 2.82. The number of anilines is 6. The van der Waals surface area contributed by atoms with E-state index in [-0.39, 0.29) is 0 Å². The monoisotopic (exact) mass is 388 g/mol. The Kier molecular flexibility index (Phi) is 4.37. The first kappa shape index (κ1) is 17.9. The van der Waals surface area contributed by atoms with E-state index < -0.39 is 0 Å². The molecule has 4 heteroatoms. The van der Waals surface area contributed by atoms with Crippen LogP contribution in [0.4, 0.5) is 34.1 Å². The first-order valence-corrected chi connectivity index (χ1v) is 9.79. The van der Waals surface area contributed by atoms with Crippen LogP contribution in [0.5, 0.6) is 0 Å². The summed E-state index contributed by atoms with van der Waals surface area (Å²) in [6, 6.07) is 32.7. The van der Waals surface area contributed by atoms with E-state index >= 15 is 0 Å². The molecular formula is C26H20N4. The molecule has 5 rings (SSSR count). The number of nitrogens with one attached hydrogen (secondary N) is 2. The molecule has 0 fully saturated rings. The topological polar surface area (TPSA) is 54.2 Å². The van der Waals surface area contributed by atoms with E-state index in [4.69, 9.17) is 10.8 Å². The van der Waals surface area contributed by atoms with Crippen molar-refractivity contribution in [2.24, 2.45) is 0 Å². The second-order valence-electron chi connectivity index (χ2n) is 7.13. The Morgan fingerprint density at radius 1 is 0.467 bits per heavy atom. The molecule has 4 aromatic carbocycles. The molecule has 1 aliphatic heterocycles. The van der Waals surface area contributed by atoms with Gasteiger partial charge in [0.15, 0.2) is 0 Å². The Morgan fingerprint density at radius 3 is 1.17 bits per heavy atom. The highest BCUT2D eigenvalue weighted by Gasteiger charge is 2.29. The van der Waals surface area contributed by atoms with Crippen molar-refractivity contribution >= 4 is 46.6 Å². The van der Waals surface area contributed by atoms with Crippen molar-refractivity contribution in [3.05, 3.63) is 108 Å². The molecule has 1 aliphatic rings. The highest BCUT2D eigenvalue weighted by molar-refractivity contribution is 6.02. The number of fused-ring (bicyclic) bond motifs is 2. The van der Waals surface area contributed by atoms with Crippen molar-refractivity contribution in [2.45, 2.75) is 0 Å². The Bertz CT molecular complexity index is 1120. The predicted molar refractivity (Wildman–Crippen MR) is 125 cm³/mol. The van der Waals surface area contributed by atoms with Gasteiger partial charge >= 0.3 is 0 Å².